The fourth-order valence-electron chi connectivity index (χ4n) is 4.35. The molecule has 0 bridgehead atoms. The van der Waals surface area contributed by atoms with Crippen LogP contribution in [0.5, 0.6) is 5.75 Å². The third-order valence-corrected chi connectivity index (χ3v) is 6.46. The van der Waals surface area contributed by atoms with Crippen LogP contribution in [0, 0.1) is 13.8 Å². The molecule has 4 nitrogen and oxygen atoms in total. The molecule has 0 spiro atoms. The second-order valence-corrected chi connectivity index (χ2v) is 9.41. The van der Waals surface area contributed by atoms with Crippen LogP contribution in [0.25, 0.3) is 22.3 Å². The second kappa shape index (κ2) is 10.8. The first-order valence-corrected chi connectivity index (χ1v) is 12.0. The SMILES string of the molecule is Cc1[nH]c(C)c(-c2ccc(-c3cccc(CN(C)Cc4ccc(OC(F)(F)F)cc4)c3)cc2)c(=O)c1Cl. The van der Waals surface area contributed by atoms with Gasteiger partial charge in [0, 0.05) is 30.0 Å². The number of aromatic nitrogens is 1. The Bertz CT molecular complexity index is 1450. The fraction of sp³-hybridized carbons (Fsp3) is 0.207. The van der Waals surface area contributed by atoms with Crippen LogP contribution >= 0.6 is 11.6 Å². The lowest BCUT2D eigenvalue weighted by Gasteiger charge is -2.18. The van der Waals surface area contributed by atoms with Crippen molar-refractivity contribution in [3.05, 3.63) is 111 Å². The number of halogens is 4. The zero-order valence-corrected chi connectivity index (χ0v) is 21.4. The summed E-state index contributed by atoms with van der Waals surface area (Å²) in [7, 11) is 1.95. The maximum atomic E-state index is 12.7. The molecule has 4 rings (SSSR count). The van der Waals surface area contributed by atoms with E-state index in [9.17, 15) is 18.0 Å². The highest BCUT2D eigenvalue weighted by molar-refractivity contribution is 6.31. The Kier molecular flexibility index (Phi) is 7.76. The lowest BCUT2D eigenvalue weighted by molar-refractivity contribution is -0.274. The van der Waals surface area contributed by atoms with Crippen LogP contribution in [0.15, 0.2) is 77.6 Å². The van der Waals surface area contributed by atoms with E-state index in [1.807, 2.05) is 56.4 Å². The molecule has 4 aromatic rings. The topological polar surface area (TPSA) is 45.3 Å². The molecular formula is C29H26ClF3N2O2. The first kappa shape index (κ1) is 26.5. The van der Waals surface area contributed by atoms with E-state index >= 15 is 0 Å². The standard InChI is InChI=1S/C29H26ClF3N2O2/c1-18-26(28(36)27(30)19(2)34-18)23-11-9-22(10-12-23)24-6-4-5-21(15-24)17-35(3)16-20-7-13-25(14-8-20)37-29(31,32)33/h4-15H,16-17H2,1-3H3,(H,34,36). The number of H-pyrrole nitrogens is 1. The van der Waals surface area contributed by atoms with Crippen molar-refractivity contribution >= 4 is 11.6 Å². The number of hydrogen-bond acceptors (Lipinski definition) is 3. The third kappa shape index (κ3) is 6.61. The predicted molar refractivity (Wildman–Crippen MR) is 141 cm³/mol. The van der Waals surface area contributed by atoms with Crippen LogP contribution in [0.3, 0.4) is 0 Å². The van der Waals surface area contributed by atoms with Gasteiger partial charge in [-0.2, -0.15) is 0 Å². The summed E-state index contributed by atoms with van der Waals surface area (Å²) < 4.78 is 41.0. The van der Waals surface area contributed by atoms with Crippen LogP contribution in [0.4, 0.5) is 13.2 Å². The molecule has 37 heavy (non-hydrogen) atoms. The van der Waals surface area contributed by atoms with Gasteiger partial charge in [-0.3, -0.25) is 9.69 Å². The molecule has 0 amide bonds. The lowest BCUT2D eigenvalue weighted by atomic mass is 9.98. The zero-order valence-electron chi connectivity index (χ0n) is 20.6. The summed E-state index contributed by atoms with van der Waals surface area (Å²) in [6.07, 6.45) is -4.70. The Labute approximate surface area is 218 Å². The molecule has 0 aliphatic rings. The van der Waals surface area contributed by atoms with Crippen LogP contribution in [0.2, 0.25) is 5.02 Å². The Morgan fingerprint density at radius 3 is 2.11 bits per heavy atom. The number of nitrogens with zero attached hydrogens (tertiary/aromatic N) is 1. The van der Waals surface area contributed by atoms with Crippen molar-refractivity contribution in [3.8, 4) is 28.0 Å². The Morgan fingerprint density at radius 1 is 0.838 bits per heavy atom. The molecule has 0 fully saturated rings. The number of pyridine rings is 1. The number of nitrogens with one attached hydrogen (secondary N) is 1. The van der Waals surface area contributed by atoms with Crippen LogP contribution < -0.4 is 10.2 Å². The minimum atomic E-state index is -4.70. The fourth-order valence-corrected chi connectivity index (χ4v) is 4.49. The van der Waals surface area contributed by atoms with Gasteiger partial charge in [0.2, 0.25) is 5.43 Å². The highest BCUT2D eigenvalue weighted by Gasteiger charge is 2.30. The molecular weight excluding hydrogens is 501 g/mol. The summed E-state index contributed by atoms with van der Waals surface area (Å²) in [5.41, 5.74) is 6.63. The number of hydrogen-bond donors (Lipinski definition) is 1. The molecule has 8 heteroatoms. The van der Waals surface area contributed by atoms with Gasteiger partial charge in [-0.05, 0) is 66.9 Å². The van der Waals surface area contributed by atoms with E-state index in [-0.39, 0.29) is 16.2 Å². The van der Waals surface area contributed by atoms with E-state index < -0.39 is 6.36 Å². The summed E-state index contributed by atoms with van der Waals surface area (Å²) in [4.78, 5) is 17.9. The molecule has 1 N–H and O–H groups in total. The number of aromatic amines is 1. The first-order valence-electron chi connectivity index (χ1n) is 11.6. The summed E-state index contributed by atoms with van der Waals surface area (Å²) in [6, 6.07) is 21.9. The van der Waals surface area contributed by atoms with Gasteiger partial charge < -0.3 is 9.72 Å². The largest absolute Gasteiger partial charge is 0.573 e. The molecule has 0 radical (unpaired) electrons. The second-order valence-electron chi connectivity index (χ2n) is 9.03. The number of rotatable bonds is 7. The van der Waals surface area contributed by atoms with E-state index in [2.05, 4.69) is 20.7 Å². The van der Waals surface area contributed by atoms with Crippen molar-refractivity contribution in [2.45, 2.75) is 33.3 Å². The quantitative estimate of drug-likeness (QED) is 0.271. The van der Waals surface area contributed by atoms with Gasteiger partial charge >= 0.3 is 6.36 Å². The number of aryl methyl sites for hydroxylation is 2. The molecule has 0 unspecified atom stereocenters. The van der Waals surface area contributed by atoms with E-state index in [0.29, 0.717) is 24.3 Å². The van der Waals surface area contributed by atoms with Crippen molar-refractivity contribution in [1.82, 2.24) is 9.88 Å². The van der Waals surface area contributed by atoms with Gasteiger partial charge in [0.05, 0.1) is 0 Å². The van der Waals surface area contributed by atoms with Crippen LogP contribution in [-0.4, -0.2) is 23.3 Å². The smallest absolute Gasteiger partial charge is 0.406 e. The van der Waals surface area contributed by atoms with Crippen molar-refractivity contribution in [1.29, 1.82) is 0 Å². The van der Waals surface area contributed by atoms with E-state index in [1.54, 1.807) is 19.1 Å². The number of alkyl halides is 3. The summed E-state index contributed by atoms with van der Waals surface area (Å²) in [5, 5.41) is 0.201. The van der Waals surface area contributed by atoms with Crippen LogP contribution in [-0.2, 0) is 13.1 Å². The van der Waals surface area contributed by atoms with Gasteiger partial charge in [-0.25, -0.2) is 0 Å². The molecule has 0 saturated heterocycles. The molecule has 3 aromatic carbocycles. The van der Waals surface area contributed by atoms with E-state index in [4.69, 9.17) is 11.6 Å². The normalized spacial score (nSPS) is 11.7. The molecule has 0 aliphatic carbocycles. The Balaban J connectivity index is 1.45. The van der Waals surface area contributed by atoms with Gasteiger partial charge in [0.1, 0.15) is 10.8 Å². The monoisotopic (exact) mass is 526 g/mol. The Hall–Kier alpha value is -3.55. The molecule has 0 atom stereocenters. The lowest BCUT2D eigenvalue weighted by Crippen LogP contribution is -2.18. The van der Waals surface area contributed by atoms with E-state index in [1.165, 1.54) is 12.1 Å². The summed E-state index contributed by atoms with van der Waals surface area (Å²) in [5.74, 6) is -0.233. The molecule has 0 aliphatic heterocycles. The van der Waals surface area contributed by atoms with Crippen molar-refractivity contribution in [3.63, 3.8) is 0 Å². The average molecular weight is 527 g/mol. The van der Waals surface area contributed by atoms with Gasteiger partial charge in [0.25, 0.3) is 0 Å². The molecule has 1 aromatic heterocycles. The van der Waals surface area contributed by atoms with E-state index in [0.717, 1.165) is 33.5 Å². The maximum Gasteiger partial charge on any atom is 0.573 e. The van der Waals surface area contributed by atoms with Gasteiger partial charge in [0.15, 0.2) is 0 Å². The minimum absolute atomic E-state index is 0.185. The van der Waals surface area contributed by atoms with Crippen molar-refractivity contribution in [2.75, 3.05) is 7.05 Å². The van der Waals surface area contributed by atoms with Crippen LogP contribution in [0.1, 0.15) is 22.5 Å². The zero-order chi connectivity index (χ0) is 26.7. The van der Waals surface area contributed by atoms with Gasteiger partial charge in [-0.1, -0.05) is 66.2 Å². The van der Waals surface area contributed by atoms with Crippen molar-refractivity contribution < 1.29 is 17.9 Å². The third-order valence-electron chi connectivity index (χ3n) is 6.00. The highest BCUT2D eigenvalue weighted by Crippen LogP contribution is 2.27. The molecule has 0 saturated carbocycles. The maximum absolute atomic E-state index is 12.7. The molecule has 192 valence electrons. The number of ether oxygens (including phenoxy) is 1. The predicted octanol–water partition coefficient (Wildman–Crippen LogP) is 7.51. The van der Waals surface area contributed by atoms with Crippen molar-refractivity contribution in [2.24, 2.45) is 0 Å². The summed E-state index contributed by atoms with van der Waals surface area (Å²) in [6.45, 7) is 4.86. The highest BCUT2D eigenvalue weighted by atomic mass is 35.5. The Morgan fingerprint density at radius 2 is 1.46 bits per heavy atom. The molecule has 1 heterocycles. The minimum Gasteiger partial charge on any atom is -0.406 e. The summed E-state index contributed by atoms with van der Waals surface area (Å²) >= 11 is 6.18. The first-order chi connectivity index (χ1) is 17.5. The van der Waals surface area contributed by atoms with Gasteiger partial charge in [-0.15, -0.1) is 13.2 Å². The number of benzene rings is 3. The average Bonchev–Trinajstić information content (AvgIpc) is 2.83.